The van der Waals surface area contributed by atoms with Crippen LogP contribution in [-0.4, -0.2) is 24.3 Å². The lowest BCUT2D eigenvalue weighted by atomic mass is 10.1. The van der Waals surface area contributed by atoms with Gasteiger partial charge in [-0.3, -0.25) is 9.59 Å². The van der Waals surface area contributed by atoms with Crippen LogP contribution in [0.5, 0.6) is 0 Å². The van der Waals surface area contributed by atoms with E-state index in [-0.39, 0.29) is 22.0 Å². The first-order valence-corrected chi connectivity index (χ1v) is 11.4. The van der Waals surface area contributed by atoms with E-state index >= 15 is 0 Å². The molecule has 2 aromatic carbocycles. The molecular formula is C23H20N4O5S. The van der Waals surface area contributed by atoms with Crippen molar-refractivity contribution in [3.63, 3.8) is 0 Å². The predicted octanol–water partition coefficient (Wildman–Crippen LogP) is 3.56. The Hall–Kier alpha value is -4.05. The van der Waals surface area contributed by atoms with E-state index < -0.39 is 15.9 Å². The maximum absolute atomic E-state index is 12.6. The van der Waals surface area contributed by atoms with Gasteiger partial charge in [0.05, 0.1) is 10.3 Å². The van der Waals surface area contributed by atoms with Crippen molar-refractivity contribution in [1.29, 1.82) is 0 Å². The van der Waals surface area contributed by atoms with Crippen molar-refractivity contribution in [1.82, 2.24) is 9.97 Å². The molecule has 0 fully saturated rings. The quantitative estimate of drug-likeness (QED) is 0.462. The van der Waals surface area contributed by atoms with Crippen molar-refractivity contribution >= 4 is 38.5 Å². The SMILES string of the molecule is Cc1cc(C)nc(NS(=O)(=O)c2ccc(NC(=O)c3cc(=O)c4cccc(C)c4o3)cc2)n1. The number of rotatable bonds is 5. The Bertz CT molecular complexity index is 1520. The standard InChI is InChI=1S/C23H20N4O5S/c1-13-5-4-6-18-19(28)12-20(32-21(13)18)22(29)26-16-7-9-17(10-8-16)33(30,31)27-23-24-14(2)11-15(3)25-23/h4-12H,1-3H3,(H,26,29)(H,24,25,27). The average molecular weight is 465 g/mol. The summed E-state index contributed by atoms with van der Waals surface area (Å²) < 4.78 is 33.3. The van der Waals surface area contributed by atoms with Crippen LogP contribution in [0, 0.1) is 20.8 Å². The molecule has 0 saturated heterocycles. The fraction of sp³-hybridized carbons (Fsp3) is 0.130. The fourth-order valence-electron chi connectivity index (χ4n) is 3.29. The van der Waals surface area contributed by atoms with E-state index in [0.29, 0.717) is 28.0 Å². The average Bonchev–Trinajstić information content (AvgIpc) is 2.73. The summed E-state index contributed by atoms with van der Waals surface area (Å²) in [5.74, 6) is -0.798. The minimum absolute atomic E-state index is 0.0218. The molecule has 0 spiro atoms. The molecule has 0 aliphatic carbocycles. The zero-order valence-corrected chi connectivity index (χ0v) is 18.9. The molecule has 168 valence electrons. The van der Waals surface area contributed by atoms with Crippen LogP contribution in [0.3, 0.4) is 0 Å². The van der Waals surface area contributed by atoms with Crippen molar-refractivity contribution < 1.29 is 17.6 Å². The molecule has 2 N–H and O–H groups in total. The lowest BCUT2D eigenvalue weighted by Crippen LogP contribution is -2.17. The van der Waals surface area contributed by atoms with Gasteiger partial charge in [0.1, 0.15) is 5.58 Å². The molecule has 0 radical (unpaired) electrons. The van der Waals surface area contributed by atoms with Gasteiger partial charge in [0, 0.05) is 23.1 Å². The van der Waals surface area contributed by atoms with Crippen LogP contribution in [0.4, 0.5) is 11.6 Å². The van der Waals surface area contributed by atoms with Gasteiger partial charge in [0.15, 0.2) is 11.2 Å². The molecular weight excluding hydrogens is 444 g/mol. The van der Waals surface area contributed by atoms with Gasteiger partial charge >= 0.3 is 0 Å². The van der Waals surface area contributed by atoms with Crippen molar-refractivity contribution in [3.8, 4) is 0 Å². The highest BCUT2D eigenvalue weighted by molar-refractivity contribution is 7.92. The smallest absolute Gasteiger partial charge is 0.291 e. The molecule has 0 atom stereocenters. The Kier molecular flexibility index (Phi) is 5.69. The molecule has 0 bridgehead atoms. The molecule has 2 aromatic heterocycles. The summed E-state index contributed by atoms with van der Waals surface area (Å²) >= 11 is 0. The number of hydrogen-bond acceptors (Lipinski definition) is 7. The number of hydrogen-bond donors (Lipinski definition) is 2. The molecule has 10 heteroatoms. The molecule has 2 heterocycles. The Balaban J connectivity index is 1.54. The molecule has 0 unspecified atom stereocenters. The Morgan fingerprint density at radius 1 is 0.939 bits per heavy atom. The van der Waals surface area contributed by atoms with E-state index in [1.54, 1.807) is 45.0 Å². The number of para-hydroxylation sites is 1. The molecule has 9 nitrogen and oxygen atoms in total. The Morgan fingerprint density at radius 2 is 1.61 bits per heavy atom. The monoisotopic (exact) mass is 464 g/mol. The van der Waals surface area contributed by atoms with Gasteiger partial charge in [0.25, 0.3) is 15.9 Å². The van der Waals surface area contributed by atoms with Crippen LogP contribution in [0.2, 0.25) is 0 Å². The van der Waals surface area contributed by atoms with E-state index in [9.17, 15) is 18.0 Å². The van der Waals surface area contributed by atoms with Gasteiger partial charge in [-0.2, -0.15) is 0 Å². The minimum Gasteiger partial charge on any atom is -0.450 e. The van der Waals surface area contributed by atoms with Crippen LogP contribution < -0.4 is 15.5 Å². The van der Waals surface area contributed by atoms with Crippen LogP contribution in [0.15, 0.2) is 68.7 Å². The van der Waals surface area contributed by atoms with Crippen LogP contribution in [0.1, 0.15) is 27.5 Å². The second kappa shape index (κ2) is 8.47. The minimum atomic E-state index is -3.93. The zero-order chi connectivity index (χ0) is 23.8. The number of benzene rings is 2. The number of nitrogens with zero attached hydrogens (tertiary/aromatic N) is 2. The number of carbonyl (C=O) groups excluding carboxylic acids is 1. The number of aryl methyl sites for hydroxylation is 3. The van der Waals surface area contributed by atoms with Crippen LogP contribution in [-0.2, 0) is 10.0 Å². The van der Waals surface area contributed by atoms with Gasteiger partial charge in [-0.15, -0.1) is 0 Å². The van der Waals surface area contributed by atoms with Gasteiger partial charge in [0.2, 0.25) is 5.95 Å². The highest BCUT2D eigenvalue weighted by atomic mass is 32.2. The number of nitrogens with one attached hydrogen (secondary N) is 2. The fourth-order valence-corrected chi connectivity index (χ4v) is 4.23. The highest BCUT2D eigenvalue weighted by Crippen LogP contribution is 2.20. The molecule has 4 rings (SSSR count). The van der Waals surface area contributed by atoms with Crippen molar-refractivity contribution in [3.05, 3.63) is 87.5 Å². The van der Waals surface area contributed by atoms with Crippen molar-refractivity contribution in [2.75, 3.05) is 10.0 Å². The summed E-state index contributed by atoms with van der Waals surface area (Å²) in [6.45, 7) is 5.26. The van der Waals surface area contributed by atoms with E-state index in [2.05, 4.69) is 20.0 Å². The second-order valence-corrected chi connectivity index (χ2v) is 9.17. The lowest BCUT2D eigenvalue weighted by Gasteiger charge is -2.09. The Morgan fingerprint density at radius 3 is 2.27 bits per heavy atom. The second-order valence-electron chi connectivity index (χ2n) is 7.48. The predicted molar refractivity (Wildman–Crippen MR) is 124 cm³/mol. The first-order valence-electron chi connectivity index (χ1n) is 9.92. The number of amides is 1. The summed E-state index contributed by atoms with van der Waals surface area (Å²) in [4.78, 5) is 33.1. The molecule has 4 aromatic rings. The maximum atomic E-state index is 12.6. The number of aromatic nitrogens is 2. The summed E-state index contributed by atoms with van der Waals surface area (Å²) in [7, 11) is -3.93. The summed E-state index contributed by atoms with van der Waals surface area (Å²) in [5, 5.41) is 2.99. The van der Waals surface area contributed by atoms with Crippen LogP contribution >= 0.6 is 0 Å². The normalized spacial score (nSPS) is 11.4. The van der Waals surface area contributed by atoms with Gasteiger partial charge in [-0.25, -0.2) is 23.1 Å². The third-order valence-electron chi connectivity index (χ3n) is 4.81. The Labute approximate surface area is 189 Å². The van der Waals surface area contributed by atoms with E-state index in [1.807, 2.05) is 0 Å². The summed E-state index contributed by atoms with van der Waals surface area (Å²) in [5.41, 5.74) is 2.34. The number of anilines is 2. The topological polar surface area (TPSA) is 131 Å². The van der Waals surface area contributed by atoms with Gasteiger partial charge < -0.3 is 9.73 Å². The largest absolute Gasteiger partial charge is 0.450 e. The molecule has 1 amide bonds. The van der Waals surface area contributed by atoms with Gasteiger partial charge in [-0.05, 0) is 62.7 Å². The van der Waals surface area contributed by atoms with E-state index in [0.717, 1.165) is 11.6 Å². The molecule has 0 aliphatic heterocycles. The van der Waals surface area contributed by atoms with Crippen molar-refractivity contribution in [2.24, 2.45) is 0 Å². The molecule has 0 aliphatic rings. The number of carbonyl (C=O) groups is 1. The first kappa shape index (κ1) is 22.2. The number of fused-ring (bicyclic) bond motifs is 1. The third kappa shape index (κ3) is 4.75. The van der Waals surface area contributed by atoms with Gasteiger partial charge in [-0.1, -0.05) is 12.1 Å². The highest BCUT2D eigenvalue weighted by Gasteiger charge is 2.17. The zero-order valence-electron chi connectivity index (χ0n) is 18.0. The first-order chi connectivity index (χ1) is 15.6. The lowest BCUT2D eigenvalue weighted by molar-refractivity contribution is 0.0997. The summed E-state index contributed by atoms with van der Waals surface area (Å²) in [6, 6.07) is 13.5. The number of sulfonamides is 1. The van der Waals surface area contributed by atoms with Crippen LogP contribution in [0.25, 0.3) is 11.0 Å². The molecule has 33 heavy (non-hydrogen) atoms. The van der Waals surface area contributed by atoms with E-state index in [1.165, 1.54) is 24.3 Å². The summed E-state index contributed by atoms with van der Waals surface area (Å²) in [6.07, 6.45) is 0. The van der Waals surface area contributed by atoms with E-state index in [4.69, 9.17) is 4.42 Å². The maximum Gasteiger partial charge on any atom is 0.291 e. The third-order valence-corrected chi connectivity index (χ3v) is 6.15. The van der Waals surface area contributed by atoms with Crippen molar-refractivity contribution in [2.45, 2.75) is 25.7 Å². The molecule has 0 saturated carbocycles.